The van der Waals surface area contributed by atoms with E-state index in [1.807, 2.05) is 24.3 Å². The number of carbonyl (C=O) groups excluding carboxylic acids is 1. The summed E-state index contributed by atoms with van der Waals surface area (Å²) >= 11 is 1.10. The Balaban J connectivity index is 1.80. The number of rotatable bonds is 7. The van der Waals surface area contributed by atoms with Gasteiger partial charge in [0.1, 0.15) is 17.2 Å². The molecule has 28 heavy (non-hydrogen) atoms. The van der Waals surface area contributed by atoms with E-state index in [1.54, 1.807) is 6.92 Å². The zero-order valence-corrected chi connectivity index (χ0v) is 16.5. The summed E-state index contributed by atoms with van der Waals surface area (Å²) in [5.41, 5.74) is 1.24. The standard InChI is InChI=1S/C20H21N3O4S/c1-3-4-5-13-6-8-14(9-7-13)22-16(24)10-23-12(2)21-18-17(19(23)25)15(11-28-18)20(26)27/h6-9,11H,3-5,10H2,1-2H3,(H,22,24)(H,26,27). The quantitative estimate of drug-likeness (QED) is 0.634. The highest BCUT2D eigenvalue weighted by Gasteiger charge is 2.19. The fourth-order valence-electron chi connectivity index (χ4n) is 2.95. The smallest absolute Gasteiger partial charge is 0.337 e. The van der Waals surface area contributed by atoms with Gasteiger partial charge in [0, 0.05) is 11.1 Å². The predicted octanol–water partition coefficient (Wildman–Crippen LogP) is 3.45. The molecule has 1 amide bonds. The molecule has 8 heteroatoms. The average Bonchev–Trinajstić information content (AvgIpc) is 3.08. The number of aryl methyl sites for hydroxylation is 2. The number of aromatic nitrogens is 2. The Bertz CT molecular complexity index is 1080. The van der Waals surface area contributed by atoms with Crippen molar-refractivity contribution in [3.63, 3.8) is 0 Å². The molecule has 0 aliphatic carbocycles. The van der Waals surface area contributed by atoms with Gasteiger partial charge in [-0.25, -0.2) is 9.78 Å². The molecule has 0 unspecified atom stereocenters. The number of unbranched alkanes of at least 4 members (excludes halogenated alkanes) is 1. The number of thiophene rings is 1. The number of carboxylic acids is 1. The number of amides is 1. The van der Waals surface area contributed by atoms with Gasteiger partial charge in [-0.05, 0) is 37.5 Å². The minimum atomic E-state index is -1.19. The van der Waals surface area contributed by atoms with Crippen LogP contribution in [0.1, 0.15) is 41.5 Å². The van der Waals surface area contributed by atoms with E-state index in [0.717, 1.165) is 30.6 Å². The van der Waals surface area contributed by atoms with Crippen LogP contribution in [-0.2, 0) is 17.8 Å². The van der Waals surface area contributed by atoms with Gasteiger partial charge >= 0.3 is 5.97 Å². The van der Waals surface area contributed by atoms with Crippen molar-refractivity contribution in [3.8, 4) is 0 Å². The molecule has 3 rings (SSSR count). The van der Waals surface area contributed by atoms with Crippen LogP contribution in [0.4, 0.5) is 5.69 Å². The summed E-state index contributed by atoms with van der Waals surface area (Å²) < 4.78 is 1.20. The second-order valence-electron chi connectivity index (χ2n) is 6.53. The van der Waals surface area contributed by atoms with Crippen LogP contribution in [0.5, 0.6) is 0 Å². The van der Waals surface area contributed by atoms with Crippen molar-refractivity contribution >= 4 is 39.1 Å². The van der Waals surface area contributed by atoms with Gasteiger partial charge in [0.25, 0.3) is 5.56 Å². The van der Waals surface area contributed by atoms with Gasteiger partial charge in [0.05, 0.1) is 10.9 Å². The Morgan fingerprint density at radius 3 is 2.61 bits per heavy atom. The Morgan fingerprint density at radius 2 is 1.96 bits per heavy atom. The van der Waals surface area contributed by atoms with Crippen LogP contribution >= 0.6 is 11.3 Å². The molecule has 0 radical (unpaired) electrons. The predicted molar refractivity (Wildman–Crippen MR) is 109 cm³/mol. The van der Waals surface area contributed by atoms with E-state index < -0.39 is 11.5 Å². The summed E-state index contributed by atoms with van der Waals surface area (Å²) in [6, 6.07) is 7.62. The molecule has 2 N–H and O–H groups in total. The van der Waals surface area contributed by atoms with E-state index in [-0.39, 0.29) is 23.4 Å². The molecule has 0 bridgehead atoms. The topological polar surface area (TPSA) is 101 Å². The van der Waals surface area contributed by atoms with Crippen LogP contribution < -0.4 is 10.9 Å². The normalized spacial score (nSPS) is 10.9. The highest BCUT2D eigenvalue weighted by molar-refractivity contribution is 7.17. The van der Waals surface area contributed by atoms with Crippen molar-refractivity contribution in [3.05, 3.63) is 57.0 Å². The molecule has 0 aliphatic rings. The van der Waals surface area contributed by atoms with Crippen molar-refractivity contribution in [2.24, 2.45) is 0 Å². The summed E-state index contributed by atoms with van der Waals surface area (Å²) in [6.07, 6.45) is 3.24. The summed E-state index contributed by atoms with van der Waals surface area (Å²) in [5, 5.41) is 13.5. The molecular formula is C20H21N3O4S. The van der Waals surface area contributed by atoms with Crippen molar-refractivity contribution < 1.29 is 14.7 Å². The zero-order valence-electron chi connectivity index (χ0n) is 15.7. The lowest BCUT2D eigenvalue weighted by atomic mass is 10.1. The van der Waals surface area contributed by atoms with E-state index in [1.165, 1.54) is 15.5 Å². The molecule has 2 aromatic heterocycles. The Hall–Kier alpha value is -3.00. The first-order chi connectivity index (χ1) is 13.4. The molecular weight excluding hydrogens is 378 g/mol. The number of fused-ring (bicyclic) bond motifs is 1. The van der Waals surface area contributed by atoms with Crippen LogP contribution in [0, 0.1) is 6.92 Å². The van der Waals surface area contributed by atoms with Crippen LogP contribution in [-0.4, -0.2) is 26.5 Å². The number of benzene rings is 1. The van der Waals surface area contributed by atoms with Crippen molar-refractivity contribution in [1.29, 1.82) is 0 Å². The van der Waals surface area contributed by atoms with Crippen molar-refractivity contribution in [1.82, 2.24) is 9.55 Å². The Labute approximate surface area is 165 Å². The largest absolute Gasteiger partial charge is 0.478 e. The molecule has 0 spiro atoms. The van der Waals surface area contributed by atoms with Gasteiger partial charge in [-0.1, -0.05) is 25.5 Å². The van der Waals surface area contributed by atoms with Gasteiger partial charge in [0.15, 0.2) is 0 Å². The first-order valence-corrected chi connectivity index (χ1v) is 9.89. The van der Waals surface area contributed by atoms with E-state index in [4.69, 9.17) is 0 Å². The van der Waals surface area contributed by atoms with Gasteiger partial charge in [-0.15, -0.1) is 11.3 Å². The van der Waals surface area contributed by atoms with Crippen molar-refractivity contribution in [2.45, 2.75) is 39.7 Å². The van der Waals surface area contributed by atoms with E-state index >= 15 is 0 Å². The number of nitrogens with zero attached hydrogens (tertiary/aromatic N) is 2. The molecule has 0 saturated heterocycles. The number of hydrogen-bond donors (Lipinski definition) is 2. The summed E-state index contributed by atoms with van der Waals surface area (Å²) in [5.74, 6) is -1.20. The molecule has 0 aliphatic heterocycles. The third-order valence-corrected chi connectivity index (χ3v) is 5.35. The maximum atomic E-state index is 12.8. The fraction of sp³-hybridized carbons (Fsp3) is 0.300. The molecule has 7 nitrogen and oxygen atoms in total. The Morgan fingerprint density at radius 1 is 1.25 bits per heavy atom. The zero-order chi connectivity index (χ0) is 20.3. The molecule has 0 fully saturated rings. The number of nitrogens with one attached hydrogen (secondary N) is 1. The SMILES string of the molecule is CCCCc1ccc(NC(=O)Cn2c(C)nc3scc(C(=O)O)c3c2=O)cc1. The third-order valence-electron chi connectivity index (χ3n) is 4.47. The summed E-state index contributed by atoms with van der Waals surface area (Å²) in [4.78, 5) is 41.1. The molecule has 0 atom stereocenters. The summed E-state index contributed by atoms with van der Waals surface area (Å²) in [7, 11) is 0. The van der Waals surface area contributed by atoms with E-state index in [0.29, 0.717) is 16.3 Å². The van der Waals surface area contributed by atoms with Crippen LogP contribution in [0.15, 0.2) is 34.4 Å². The number of carbonyl (C=O) groups is 2. The first kappa shape index (κ1) is 19.8. The van der Waals surface area contributed by atoms with E-state index in [9.17, 15) is 19.5 Å². The number of anilines is 1. The number of aromatic carboxylic acids is 1. The fourth-order valence-corrected chi connectivity index (χ4v) is 3.90. The van der Waals surface area contributed by atoms with Crippen LogP contribution in [0.3, 0.4) is 0 Å². The maximum Gasteiger partial charge on any atom is 0.337 e. The molecule has 3 aromatic rings. The maximum absolute atomic E-state index is 12.8. The number of carboxylic acid groups (broad SMARTS) is 1. The monoisotopic (exact) mass is 399 g/mol. The lowest BCUT2D eigenvalue weighted by Crippen LogP contribution is -2.30. The minimum Gasteiger partial charge on any atom is -0.478 e. The molecule has 146 valence electrons. The summed E-state index contributed by atoms with van der Waals surface area (Å²) in [6.45, 7) is 3.52. The van der Waals surface area contributed by atoms with Crippen LogP contribution in [0.2, 0.25) is 0 Å². The van der Waals surface area contributed by atoms with Gasteiger partial charge in [-0.3, -0.25) is 14.2 Å². The molecule has 1 aromatic carbocycles. The Kier molecular flexibility index (Phi) is 5.89. The number of hydrogen-bond acceptors (Lipinski definition) is 5. The van der Waals surface area contributed by atoms with Gasteiger partial charge < -0.3 is 10.4 Å². The molecule has 0 saturated carbocycles. The second-order valence-corrected chi connectivity index (χ2v) is 7.39. The highest BCUT2D eigenvalue weighted by Crippen LogP contribution is 2.21. The first-order valence-electron chi connectivity index (χ1n) is 9.01. The lowest BCUT2D eigenvalue weighted by Gasteiger charge is -2.11. The minimum absolute atomic E-state index is 0.0381. The average molecular weight is 399 g/mol. The highest BCUT2D eigenvalue weighted by atomic mass is 32.1. The third kappa shape index (κ3) is 4.12. The lowest BCUT2D eigenvalue weighted by molar-refractivity contribution is -0.116. The van der Waals surface area contributed by atoms with Gasteiger partial charge in [-0.2, -0.15) is 0 Å². The van der Waals surface area contributed by atoms with Gasteiger partial charge in [0.2, 0.25) is 5.91 Å². The molecule has 2 heterocycles. The van der Waals surface area contributed by atoms with Crippen LogP contribution in [0.25, 0.3) is 10.2 Å². The van der Waals surface area contributed by atoms with E-state index in [2.05, 4.69) is 17.2 Å². The van der Waals surface area contributed by atoms with Crippen molar-refractivity contribution in [2.75, 3.05) is 5.32 Å². The second kappa shape index (κ2) is 8.35.